The van der Waals surface area contributed by atoms with Crippen LogP contribution in [0.4, 0.5) is 0 Å². The fourth-order valence-electron chi connectivity index (χ4n) is 1.46. The molecule has 0 aliphatic heterocycles. The largest absolute Gasteiger partial charge is 1.00 e. The maximum absolute atomic E-state index is 10.9. The molecule has 0 fully saturated rings. The van der Waals surface area contributed by atoms with E-state index in [1.54, 1.807) is 12.1 Å². The van der Waals surface area contributed by atoms with Crippen LogP contribution in [-0.2, 0) is 0 Å². The van der Waals surface area contributed by atoms with Crippen LogP contribution in [-0.4, -0.2) is 0 Å². The molecule has 2 heteroatoms. The summed E-state index contributed by atoms with van der Waals surface area (Å²) in [7, 11) is 0. The summed E-state index contributed by atoms with van der Waals surface area (Å²) in [6, 6.07) is 14.9. The second-order valence-electron chi connectivity index (χ2n) is 3.35. The summed E-state index contributed by atoms with van der Waals surface area (Å²) in [6.45, 7) is 3.70. The van der Waals surface area contributed by atoms with Crippen molar-refractivity contribution < 1.29 is 34.7 Å². The fourth-order valence-corrected chi connectivity index (χ4v) is 1.46. The third kappa shape index (κ3) is 2.99. The molecule has 0 saturated carbocycles. The van der Waals surface area contributed by atoms with E-state index in [0.717, 1.165) is 16.7 Å². The number of rotatable bonds is 2. The van der Waals surface area contributed by atoms with Gasteiger partial charge in [0.15, 0.2) is 0 Å². The first-order chi connectivity index (χ1) is 7.29. The van der Waals surface area contributed by atoms with Crippen molar-refractivity contribution >= 4 is 6.08 Å². The summed E-state index contributed by atoms with van der Waals surface area (Å²) in [5, 5.41) is 10.9. The van der Waals surface area contributed by atoms with E-state index in [0.29, 0.717) is 0 Å². The van der Waals surface area contributed by atoms with Crippen LogP contribution in [0.15, 0.2) is 55.1 Å². The van der Waals surface area contributed by atoms with Crippen molar-refractivity contribution in [2.45, 2.75) is 0 Å². The summed E-state index contributed by atoms with van der Waals surface area (Å²) in [4.78, 5) is 0. The summed E-state index contributed by atoms with van der Waals surface area (Å²) >= 11 is 0. The van der Waals surface area contributed by atoms with E-state index in [9.17, 15) is 5.11 Å². The van der Waals surface area contributed by atoms with Gasteiger partial charge in [0, 0.05) is 0 Å². The van der Waals surface area contributed by atoms with Gasteiger partial charge in [0.1, 0.15) is 0 Å². The predicted molar refractivity (Wildman–Crippen MR) is 61.4 cm³/mol. The van der Waals surface area contributed by atoms with E-state index in [1.807, 2.05) is 42.5 Å². The minimum absolute atomic E-state index is 0. The van der Waals surface area contributed by atoms with Crippen LogP contribution >= 0.6 is 0 Å². The third-order valence-electron chi connectivity index (χ3n) is 2.33. The maximum Gasteiger partial charge on any atom is 1.00 e. The average Bonchev–Trinajstić information content (AvgIpc) is 2.30. The molecule has 0 aliphatic rings. The van der Waals surface area contributed by atoms with Gasteiger partial charge >= 0.3 is 29.6 Å². The monoisotopic (exact) mass is 218 g/mol. The normalized spacial score (nSPS) is 9.25. The van der Waals surface area contributed by atoms with Crippen molar-refractivity contribution in [2.24, 2.45) is 0 Å². The second kappa shape index (κ2) is 5.90. The first kappa shape index (κ1) is 13.0. The van der Waals surface area contributed by atoms with Crippen LogP contribution in [0.1, 0.15) is 5.56 Å². The number of hydrogen-bond acceptors (Lipinski definition) is 1. The van der Waals surface area contributed by atoms with Crippen LogP contribution in [0.5, 0.6) is 5.75 Å². The Bertz CT molecular complexity index is 457. The Labute approximate surface area is 118 Å². The smallest absolute Gasteiger partial charge is 0.872 e. The Morgan fingerprint density at radius 2 is 1.25 bits per heavy atom. The quantitative estimate of drug-likeness (QED) is 0.654. The minimum Gasteiger partial charge on any atom is -0.872 e. The van der Waals surface area contributed by atoms with Crippen LogP contribution in [0.3, 0.4) is 0 Å². The minimum atomic E-state index is 0. The van der Waals surface area contributed by atoms with Gasteiger partial charge in [-0.25, -0.2) is 0 Å². The van der Waals surface area contributed by atoms with Gasteiger partial charge in [0.05, 0.1) is 0 Å². The summed E-state index contributed by atoms with van der Waals surface area (Å²) < 4.78 is 0. The Balaban J connectivity index is 0.00000128. The third-order valence-corrected chi connectivity index (χ3v) is 2.33. The summed E-state index contributed by atoms with van der Waals surface area (Å²) in [6.07, 6.45) is 1.81. The fraction of sp³-hybridized carbons (Fsp3) is 0. The van der Waals surface area contributed by atoms with Crippen molar-refractivity contribution in [3.8, 4) is 16.9 Å². The molecule has 0 amide bonds. The van der Waals surface area contributed by atoms with Gasteiger partial charge < -0.3 is 5.11 Å². The predicted octanol–water partition coefficient (Wildman–Crippen LogP) is 0.0742. The molecule has 2 aromatic carbocycles. The van der Waals surface area contributed by atoms with Crippen molar-refractivity contribution in [3.63, 3.8) is 0 Å². The van der Waals surface area contributed by atoms with E-state index in [2.05, 4.69) is 6.58 Å². The SMILES string of the molecule is C=Cc1ccc(-c2ccc([O-])cc2)cc1.[Na+]. The molecule has 0 saturated heterocycles. The van der Waals surface area contributed by atoms with Gasteiger partial charge in [-0.2, -0.15) is 0 Å². The van der Waals surface area contributed by atoms with Crippen molar-refractivity contribution in [1.29, 1.82) is 0 Å². The van der Waals surface area contributed by atoms with Crippen molar-refractivity contribution in [2.75, 3.05) is 0 Å². The van der Waals surface area contributed by atoms with E-state index >= 15 is 0 Å². The molecule has 0 aromatic heterocycles. The molecule has 2 rings (SSSR count). The van der Waals surface area contributed by atoms with Gasteiger partial charge in [0.25, 0.3) is 0 Å². The molecule has 1 nitrogen and oxygen atoms in total. The van der Waals surface area contributed by atoms with Crippen molar-refractivity contribution in [3.05, 3.63) is 60.7 Å². The van der Waals surface area contributed by atoms with E-state index in [4.69, 9.17) is 0 Å². The zero-order chi connectivity index (χ0) is 10.7. The van der Waals surface area contributed by atoms with Gasteiger partial charge in [-0.15, -0.1) is 5.75 Å². The van der Waals surface area contributed by atoms with Crippen molar-refractivity contribution in [1.82, 2.24) is 0 Å². The van der Waals surface area contributed by atoms with Gasteiger partial charge in [-0.05, 0) is 16.7 Å². The molecular formula is C14H11NaO. The maximum atomic E-state index is 10.9. The molecule has 74 valence electrons. The van der Waals surface area contributed by atoms with E-state index in [-0.39, 0.29) is 35.3 Å². The zero-order valence-electron chi connectivity index (χ0n) is 9.31. The Kier molecular flexibility index (Phi) is 4.81. The van der Waals surface area contributed by atoms with Crippen LogP contribution < -0.4 is 34.7 Å². The van der Waals surface area contributed by atoms with Crippen LogP contribution in [0, 0.1) is 0 Å². The second-order valence-corrected chi connectivity index (χ2v) is 3.35. The molecule has 0 unspecified atom stereocenters. The zero-order valence-corrected chi connectivity index (χ0v) is 11.3. The molecule has 0 aliphatic carbocycles. The Hall–Kier alpha value is -1.02. The van der Waals surface area contributed by atoms with Gasteiger partial charge in [0.2, 0.25) is 0 Å². The number of benzene rings is 2. The molecular weight excluding hydrogens is 207 g/mol. The van der Waals surface area contributed by atoms with E-state index in [1.165, 1.54) is 0 Å². The molecule has 16 heavy (non-hydrogen) atoms. The topological polar surface area (TPSA) is 23.1 Å². The average molecular weight is 218 g/mol. The van der Waals surface area contributed by atoms with E-state index < -0.39 is 0 Å². The van der Waals surface area contributed by atoms with Gasteiger partial charge in [-0.3, -0.25) is 0 Å². The van der Waals surface area contributed by atoms with Crippen LogP contribution in [0.25, 0.3) is 17.2 Å². The summed E-state index contributed by atoms with van der Waals surface area (Å²) in [5.74, 6) is 0.0430. The molecule has 0 atom stereocenters. The number of hydrogen-bond donors (Lipinski definition) is 0. The first-order valence-electron chi connectivity index (χ1n) is 4.79. The molecule has 0 radical (unpaired) electrons. The molecule has 2 aromatic rings. The first-order valence-corrected chi connectivity index (χ1v) is 4.79. The molecule has 0 N–H and O–H groups in total. The molecule has 0 spiro atoms. The summed E-state index contributed by atoms with van der Waals surface area (Å²) in [5.41, 5.74) is 3.27. The van der Waals surface area contributed by atoms with Crippen LogP contribution in [0.2, 0.25) is 0 Å². The Morgan fingerprint density at radius 3 is 1.69 bits per heavy atom. The molecule has 0 heterocycles. The Morgan fingerprint density at radius 1 is 0.812 bits per heavy atom. The molecule has 0 bridgehead atoms. The van der Waals surface area contributed by atoms with Gasteiger partial charge in [-0.1, -0.05) is 61.2 Å². The standard InChI is InChI=1S/C14H12O.Na/c1-2-11-3-5-12(6-4-11)13-7-9-14(15)10-8-13;/h2-10,15H,1H2;/q;+1/p-1.